The van der Waals surface area contributed by atoms with Crippen LogP contribution < -0.4 is 9.47 Å². The van der Waals surface area contributed by atoms with Crippen molar-refractivity contribution in [2.75, 3.05) is 7.11 Å². The van der Waals surface area contributed by atoms with Gasteiger partial charge in [-0.3, -0.25) is 9.59 Å². The summed E-state index contributed by atoms with van der Waals surface area (Å²) in [4.78, 5) is 53.0. The Bertz CT molecular complexity index is 1790. The molecule has 45 heavy (non-hydrogen) atoms. The number of carbonyl (C=O) groups is 4. The molecular formula is C31H28O14. The summed E-state index contributed by atoms with van der Waals surface area (Å²) in [6.07, 6.45) is -4.90. The molecule has 8 atom stereocenters. The van der Waals surface area contributed by atoms with Crippen LogP contribution in [0.5, 0.6) is 23.0 Å². The van der Waals surface area contributed by atoms with Crippen LogP contribution in [0.4, 0.5) is 0 Å². The van der Waals surface area contributed by atoms with Crippen LogP contribution in [-0.2, 0) is 23.9 Å². The monoisotopic (exact) mass is 624 g/mol. The summed E-state index contributed by atoms with van der Waals surface area (Å²) < 4.78 is 21.8. The molecular weight excluding hydrogens is 596 g/mol. The second-order valence-corrected chi connectivity index (χ2v) is 12.3. The highest BCUT2D eigenvalue weighted by Crippen LogP contribution is 2.58. The average Bonchev–Trinajstić information content (AvgIpc) is 3.15. The molecule has 8 unspecified atom stereocenters. The highest BCUT2D eigenvalue weighted by molar-refractivity contribution is 6.16. The third kappa shape index (κ3) is 3.13. The topological polar surface area (TPSA) is 227 Å². The summed E-state index contributed by atoms with van der Waals surface area (Å²) in [5.41, 5.74) is -9.52. The number of aromatic hydroxyl groups is 2. The summed E-state index contributed by atoms with van der Waals surface area (Å²) >= 11 is 0. The average molecular weight is 625 g/mol. The molecule has 2 saturated carbocycles. The predicted molar refractivity (Wildman–Crippen MR) is 147 cm³/mol. The van der Waals surface area contributed by atoms with E-state index in [1.165, 1.54) is 31.2 Å². The van der Waals surface area contributed by atoms with Crippen LogP contribution in [0.25, 0.3) is 16.9 Å². The Kier molecular flexibility index (Phi) is 5.79. The SMILES string of the molecule is COC(=O)C12Oc3ccc(-c4ccc5c(c4O)C(=O)C4(O)C6CC(C)C(O)C4(O5)C(=O)O6)c(O)c3C(O)=C1C(=O)CC(C)C2O. The van der Waals surface area contributed by atoms with Crippen molar-refractivity contribution in [3.05, 3.63) is 41.0 Å². The fourth-order valence-corrected chi connectivity index (χ4v) is 7.58. The standard InChI is InChI=1S/C31H28O14/c1-10-8-14(32)20-23(35)18-15(44-29(20,24(10)36)27(39)42-3)6-4-12(21(18)33)13-5-7-16-19(22(13)34)26(38)30(41)17-9-11(2)25(37)31(30,45-16)28(40)43-17/h4-7,10-11,17,24-25,33-37,41H,8-9H2,1-3H3. The number of aliphatic hydroxyl groups excluding tert-OH is 3. The number of hydrogen-bond donors (Lipinski definition) is 6. The fourth-order valence-electron chi connectivity index (χ4n) is 7.58. The van der Waals surface area contributed by atoms with E-state index in [1.807, 2.05) is 0 Å². The molecule has 3 aliphatic heterocycles. The fraction of sp³-hybridized carbons (Fsp3) is 0.419. The Morgan fingerprint density at radius 2 is 1.49 bits per heavy atom. The van der Waals surface area contributed by atoms with Gasteiger partial charge < -0.3 is 49.6 Å². The number of Topliss-reactive ketones (excluding diaryl/α,β-unsaturated/α-hetero) is 2. The number of hydrogen-bond acceptors (Lipinski definition) is 14. The third-order valence-corrected chi connectivity index (χ3v) is 9.89. The number of fused-ring (bicyclic) bond motifs is 3. The minimum atomic E-state index is -2.68. The summed E-state index contributed by atoms with van der Waals surface area (Å²) in [5, 5.41) is 67.8. The van der Waals surface area contributed by atoms with Crippen molar-refractivity contribution in [2.24, 2.45) is 11.8 Å². The maximum atomic E-state index is 13.9. The van der Waals surface area contributed by atoms with Crippen LogP contribution in [0.15, 0.2) is 29.8 Å². The minimum Gasteiger partial charge on any atom is -0.506 e. The number of carbonyl (C=O) groups excluding carboxylic acids is 4. The van der Waals surface area contributed by atoms with Gasteiger partial charge in [0, 0.05) is 17.5 Å². The van der Waals surface area contributed by atoms with E-state index in [4.69, 9.17) is 18.9 Å². The molecule has 14 nitrogen and oxygen atoms in total. The van der Waals surface area contributed by atoms with Crippen molar-refractivity contribution in [3.8, 4) is 34.1 Å². The van der Waals surface area contributed by atoms with Crippen LogP contribution in [0, 0.1) is 11.8 Å². The predicted octanol–water partition coefficient (Wildman–Crippen LogP) is 0.679. The number of ketones is 2. The van der Waals surface area contributed by atoms with E-state index in [0.717, 1.165) is 7.11 Å². The molecule has 7 rings (SSSR count). The highest BCUT2D eigenvalue weighted by atomic mass is 16.6. The number of phenols is 2. The van der Waals surface area contributed by atoms with Crippen molar-refractivity contribution in [1.82, 2.24) is 0 Å². The van der Waals surface area contributed by atoms with Crippen molar-refractivity contribution >= 4 is 29.3 Å². The lowest BCUT2D eigenvalue weighted by Gasteiger charge is -2.49. The van der Waals surface area contributed by atoms with Gasteiger partial charge in [0.15, 0.2) is 5.78 Å². The first kappa shape index (κ1) is 29.1. The van der Waals surface area contributed by atoms with Gasteiger partial charge in [0.25, 0.3) is 11.2 Å². The molecule has 0 radical (unpaired) electrons. The lowest BCUT2D eigenvalue weighted by atomic mass is 9.62. The lowest BCUT2D eigenvalue weighted by molar-refractivity contribution is -0.192. The molecule has 2 aromatic rings. The number of phenolic OH excluding ortho intramolecular Hbond substituents is 2. The van der Waals surface area contributed by atoms with Crippen LogP contribution in [-0.4, -0.2) is 96.4 Å². The molecule has 3 heterocycles. The molecule has 2 bridgehead atoms. The van der Waals surface area contributed by atoms with Gasteiger partial charge in [-0.25, -0.2) is 9.59 Å². The summed E-state index contributed by atoms with van der Waals surface area (Å²) in [6.45, 7) is 3.13. The molecule has 2 aromatic carbocycles. The first-order chi connectivity index (χ1) is 21.2. The van der Waals surface area contributed by atoms with Crippen LogP contribution in [0.1, 0.15) is 42.6 Å². The van der Waals surface area contributed by atoms with E-state index in [2.05, 4.69) is 0 Å². The Labute approximate surface area is 254 Å². The molecule has 3 fully saturated rings. The number of methoxy groups -OCH3 is 1. The second kappa shape index (κ2) is 8.96. The summed E-state index contributed by atoms with van der Waals surface area (Å²) in [7, 11) is 1.02. The molecule has 2 aliphatic carbocycles. The third-order valence-electron chi connectivity index (χ3n) is 9.89. The highest BCUT2D eigenvalue weighted by Gasteiger charge is 2.81. The smallest absolute Gasteiger partial charge is 0.358 e. The largest absolute Gasteiger partial charge is 0.506 e. The van der Waals surface area contributed by atoms with Crippen molar-refractivity contribution in [3.63, 3.8) is 0 Å². The zero-order valence-electron chi connectivity index (χ0n) is 24.1. The molecule has 0 amide bonds. The van der Waals surface area contributed by atoms with Crippen molar-refractivity contribution < 1.29 is 68.8 Å². The summed E-state index contributed by atoms with van der Waals surface area (Å²) in [5.74, 6) is -8.48. The minimum absolute atomic E-state index is 0.0607. The normalized spacial score (nSPS) is 36.1. The Morgan fingerprint density at radius 1 is 0.889 bits per heavy atom. The van der Waals surface area contributed by atoms with Crippen LogP contribution in [0.3, 0.4) is 0 Å². The Hall–Kier alpha value is -4.66. The molecule has 236 valence electrons. The number of ether oxygens (including phenoxy) is 4. The van der Waals surface area contributed by atoms with Gasteiger partial charge in [-0.15, -0.1) is 0 Å². The second-order valence-electron chi connectivity index (χ2n) is 12.3. The van der Waals surface area contributed by atoms with Gasteiger partial charge in [-0.2, -0.15) is 0 Å². The zero-order valence-corrected chi connectivity index (χ0v) is 24.1. The van der Waals surface area contributed by atoms with E-state index in [9.17, 15) is 49.8 Å². The van der Waals surface area contributed by atoms with Crippen LogP contribution in [0.2, 0.25) is 0 Å². The van der Waals surface area contributed by atoms with E-state index in [-0.39, 0.29) is 35.5 Å². The number of rotatable bonds is 2. The molecule has 1 saturated heterocycles. The number of aliphatic hydroxyl groups is 4. The quantitative estimate of drug-likeness (QED) is 0.253. The Balaban J connectivity index is 1.39. The van der Waals surface area contributed by atoms with Gasteiger partial charge in [-0.05, 0) is 42.5 Å². The van der Waals surface area contributed by atoms with E-state index in [0.29, 0.717) is 0 Å². The molecule has 0 aromatic heterocycles. The first-order valence-corrected chi connectivity index (χ1v) is 14.2. The molecule has 6 N–H and O–H groups in total. The zero-order chi connectivity index (χ0) is 32.5. The lowest BCUT2D eigenvalue weighted by Crippen LogP contribution is -2.76. The maximum absolute atomic E-state index is 13.9. The van der Waals surface area contributed by atoms with Crippen molar-refractivity contribution in [1.29, 1.82) is 0 Å². The van der Waals surface area contributed by atoms with Crippen LogP contribution >= 0.6 is 0 Å². The maximum Gasteiger partial charge on any atom is 0.358 e. The van der Waals surface area contributed by atoms with Gasteiger partial charge in [0.05, 0.1) is 12.7 Å². The van der Waals surface area contributed by atoms with Gasteiger partial charge in [-0.1, -0.05) is 13.8 Å². The first-order valence-electron chi connectivity index (χ1n) is 14.2. The van der Waals surface area contributed by atoms with E-state index < -0.39 is 104 Å². The Morgan fingerprint density at radius 3 is 2.11 bits per heavy atom. The molecule has 14 heteroatoms. The number of benzene rings is 2. The molecule has 0 spiro atoms. The van der Waals surface area contributed by atoms with Gasteiger partial charge in [0.1, 0.15) is 58.2 Å². The summed E-state index contributed by atoms with van der Waals surface area (Å²) in [6, 6.07) is 4.86. The van der Waals surface area contributed by atoms with E-state index >= 15 is 0 Å². The molecule has 5 aliphatic rings. The van der Waals surface area contributed by atoms with Gasteiger partial charge >= 0.3 is 11.9 Å². The van der Waals surface area contributed by atoms with Crippen molar-refractivity contribution in [2.45, 2.75) is 61.8 Å². The number of esters is 2. The van der Waals surface area contributed by atoms with E-state index in [1.54, 1.807) is 6.92 Å². The van der Waals surface area contributed by atoms with Gasteiger partial charge in [0.2, 0.25) is 11.4 Å².